The fraction of sp³-hybridized carbons (Fsp3) is 1.00. The van der Waals surface area contributed by atoms with E-state index in [1.807, 2.05) is 4.72 Å². The normalized spacial score (nSPS) is 14.4. The van der Waals surface area contributed by atoms with Gasteiger partial charge in [-0.15, -0.1) is 6.54 Å². The highest BCUT2D eigenvalue weighted by molar-refractivity contribution is 7.95. The Morgan fingerprint density at radius 2 is 1.50 bits per heavy atom. The second-order valence-electron chi connectivity index (χ2n) is 2.03. The SMILES string of the molecule is O=S(=O)([N-]CCF)C(F)(F)C(F)(F)F. The maximum atomic E-state index is 12.1. The zero-order chi connectivity index (χ0) is 11.6. The van der Waals surface area contributed by atoms with Crippen LogP contribution in [0.25, 0.3) is 4.72 Å². The summed E-state index contributed by atoms with van der Waals surface area (Å²) in [5.74, 6) is 0. The Balaban J connectivity index is 4.90. The van der Waals surface area contributed by atoms with Gasteiger partial charge in [0.1, 0.15) is 10.0 Å². The summed E-state index contributed by atoms with van der Waals surface area (Å²) in [7, 11) is -6.05. The van der Waals surface area contributed by atoms with Gasteiger partial charge in [0.05, 0.1) is 6.67 Å². The summed E-state index contributed by atoms with van der Waals surface area (Å²) in [6, 6.07) is 0. The highest BCUT2D eigenvalue weighted by atomic mass is 32.2. The van der Waals surface area contributed by atoms with Gasteiger partial charge in [0.15, 0.2) is 0 Å². The van der Waals surface area contributed by atoms with E-state index in [2.05, 4.69) is 0 Å². The van der Waals surface area contributed by atoms with Crippen LogP contribution in [0.2, 0.25) is 0 Å². The Morgan fingerprint density at radius 3 is 1.79 bits per heavy atom. The quantitative estimate of drug-likeness (QED) is 0.708. The van der Waals surface area contributed by atoms with Crippen molar-refractivity contribution in [2.45, 2.75) is 11.4 Å². The van der Waals surface area contributed by atoms with Crippen LogP contribution in [-0.4, -0.2) is 33.1 Å². The molecule has 0 amide bonds. The van der Waals surface area contributed by atoms with Gasteiger partial charge in [0.2, 0.25) is 0 Å². The molecule has 0 aromatic heterocycles. The molecule has 0 bridgehead atoms. The first kappa shape index (κ1) is 13.5. The minimum Gasteiger partial charge on any atom is -0.541 e. The summed E-state index contributed by atoms with van der Waals surface area (Å²) < 4.78 is 92.4. The average Bonchev–Trinajstić information content (AvgIpc) is 1.98. The van der Waals surface area contributed by atoms with Gasteiger partial charge in [0.25, 0.3) is 0 Å². The molecular formula is C4H4F6NO2S-. The molecule has 0 aliphatic carbocycles. The third kappa shape index (κ3) is 2.50. The molecule has 14 heavy (non-hydrogen) atoms. The molecule has 0 saturated heterocycles. The molecule has 0 N–H and O–H groups in total. The van der Waals surface area contributed by atoms with Crippen molar-refractivity contribution < 1.29 is 34.8 Å². The van der Waals surface area contributed by atoms with Gasteiger partial charge in [-0.2, -0.15) is 22.0 Å². The second kappa shape index (κ2) is 3.93. The van der Waals surface area contributed by atoms with Crippen molar-refractivity contribution in [3.63, 3.8) is 0 Å². The van der Waals surface area contributed by atoms with E-state index in [1.165, 1.54) is 0 Å². The molecular weight excluding hydrogens is 240 g/mol. The molecule has 86 valence electrons. The predicted molar refractivity (Wildman–Crippen MR) is 34.1 cm³/mol. The van der Waals surface area contributed by atoms with E-state index in [-0.39, 0.29) is 0 Å². The molecule has 0 aromatic rings. The molecule has 10 heteroatoms. The van der Waals surface area contributed by atoms with E-state index in [0.29, 0.717) is 0 Å². The van der Waals surface area contributed by atoms with E-state index in [1.54, 1.807) is 0 Å². The van der Waals surface area contributed by atoms with Crippen LogP contribution >= 0.6 is 0 Å². The van der Waals surface area contributed by atoms with E-state index in [4.69, 9.17) is 0 Å². The monoisotopic (exact) mass is 244 g/mol. The second-order valence-corrected chi connectivity index (χ2v) is 3.75. The van der Waals surface area contributed by atoms with Gasteiger partial charge in [-0.3, -0.25) is 4.39 Å². The number of halogens is 6. The standard InChI is InChI=1S/C4H4F6NO2S/c5-1-2-11-14(12,13)4(9,10)3(6,7)8/h1-2H2/q-1. The number of rotatable bonds is 4. The van der Waals surface area contributed by atoms with E-state index in [9.17, 15) is 34.8 Å². The van der Waals surface area contributed by atoms with Crippen molar-refractivity contribution in [1.82, 2.24) is 0 Å². The maximum Gasteiger partial charge on any atom is 0.467 e. The number of nitrogens with zero attached hydrogens (tertiary/aromatic N) is 1. The number of alkyl halides is 6. The van der Waals surface area contributed by atoms with Crippen LogP contribution in [0.5, 0.6) is 0 Å². The largest absolute Gasteiger partial charge is 0.541 e. The molecule has 0 rings (SSSR count). The van der Waals surface area contributed by atoms with Crippen LogP contribution in [0.15, 0.2) is 0 Å². The lowest BCUT2D eigenvalue weighted by Crippen LogP contribution is -2.43. The molecule has 0 fully saturated rings. The maximum absolute atomic E-state index is 12.1. The average molecular weight is 244 g/mol. The highest BCUT2D eigenvalue weighted by Gasteiger charge is 2.63. The summed E-state index contributed by atoms with van der Waals surface area (Å²) in [4.78, 5) is 0. The van der Waals surface area contributed by atoms with Crippen molar-refractivity contribution in [3.8, 4) is 0 Å². The van der Waals surface area contributed by atoms with Crippen LogP contribution in [0.1, 0.15) is 0 Å². The third-order valence-electron chi connectivity index (χ3n) is 1.000. The lowest BCUT2D eigenvalue weighted by molar-refractivity contribution is -0.241. The number of hydrogen-bond donors (Lipinski definition) is 0. The van der Waals surface area contributed by atoms with Crippen molar-refractivity contribution in [3.05, 3.63) is 4.72 Å². The summed E-state index contributed by atoms with van der Waals surface area (Å²) in [6.45, 7) is -2.69. The van der Waals surface area contributed by atoms with Crippen LogP contribution in [0.4, 0.5) is 26.3 Å². The Kier molecular flexibility index (Phi) is 3.78. The van der Waals surface area contributed by atoms with Crippen LogP contribution in [-0.2, 0) is 10.0 Å². The van der Waals surface area contributed by atoms with Crippen molar-refractivity contribution >= 4 is 10.0 Å². The van der Waals surface area contributed by atoms with Gasteiger partial charge in [0, 0.05) is 0 Å². The summed E-state index contributed by atoms with van der Waals surface area (Å²) in [5.41, 5.74) is 0. The predicted octanol–water partition coefficient (Wildman–Crippen LogP) is 1.81. The van der Waals surface area contributed by atoms with E-state index >= 15 is 0 Å². The minimum absolute atomic E-state index is 1.26. The van der Waals surface area contributed by atoms with Crippen molar-refractivity contribution in [2.24, 2.45) is 0 Å². The van der Waals surface area contributed by atoms with Gasteiger partial charge < -0.3 is 4.72 Å². The van der Waals surface area contributed by atoms with Crippen LogP contribution in [0, 0.1) is 0 Å². The molecule has 0 aliphatic rings. The zero-order valence-electron chi connectivity index (χ0n) is 6.35. The molecule has 0 aromatic carbocycles. The van der Waals surface area contributed by atoms with Crippen molar-refractivity contribution in [2.75, 3.05) is 13.2 Å². The molecule has 3 nitrogen and oxygen atoms in total. The highest BCUT2D eigenvalue weighted by Crippen LogP contribution is 2.41. The molecule has 0 saturated carbocycles. The molecule has 0 spiro atoms. The van der Waals surface area contributed by atoms with Gasteiger partial charge in [-0.1, -0.05) is 0 Å². The Bertz CT molecular complexity index is 283. The van der Waals surface area contributed by atoms with Gasteiger partial charge >= 0.3 is 11.4 Å². The summed E-state index contributed by atoms with van der Waals surface area (Å²) in [6.07, 6.45) is -6.26. The molecule has 0 atom stereocenters. The van der Waals surface area contributed by atoms with Gasteiger partial charge in [-0.05, 0) is 0 Å². The van der Waals surface area contributed by atoms with Gasteiger partial charge in [-0.25, -0.2) is 8.42 Å². The summed E-state index contributed by atoms with van der Waals surface area (Å²) in [5, 5.41) is -5.98. The number of hydrogen-bond acceptors (Lipinski definition) is 2. The van der Waals surface area contributed by atoms with E-state index < -0.39 is 34.7 Å². The smallest absolute Gasteiger partial charge is 0.467 e. The van der Waals surface area contributed by atoms with E-state index in [0.717, 1.165) is 0 Å². The Morgan fingerprint density at radius 1 is 1.07 bits per heavy atom. The first-order valence-electron chi connectivity index (χ1n) is 3.00. The lowest BCUT2D eigenvalue weighted by atomic mass is 10.7. The fourth-order valence-corrected chi connectivity index (χ4v) is 1.15. The Labute approximate surface area is 75.1 Å². The summed E-state index contributed by atoms with van der Waals surface area (Å²) >= 11 is 0. The molecule has 0 radical (unpaired) electrons. The first-order valence-corrected chi connectivity index (χ1v) is 4.44. The van der Waals surface area contributed by atoms with Crippen molar-refractivity contribution in [1.29, 1.82) is 0 Å². The lowest BCUT2D eigenvalue weighted by Gasteiger charge is -2.27. The molecule has 0 aliphatic heterocycles. The van der Waals surface area contributed by atoms with Crippen LogP contribution in [0.3, 0.4) is 0 Å². The topological polar surface area (TPSA) is 48.2 Å². The Hall–Kier alpha value is -0.510. The van der Waals surface area contributed by atoms with Crippen LogP contribution < -0.4 is 0 Å². The third-order valence-corrected chi connectivity index (χ3v) is 2.40. The first-order chi connectivity index (χ1) is 6.06. The number of sulfonamides is 1. The zero-order valence-corrected chi connectivity index (χ0v) is 7.17. The molecule has 0 heterocycles. The molecule has 0 unspecified atom stereocenters. The fourth-order valence-electron chi connectivity index (χ4n) is 0.382. The minimum atomic E-state index is -6.26.